The van der Waals surface area contributed by atoms with Gasteiger partial charge in [0.05, 0.1) is 10.9 Å². The van der Waals surface area contributed by atoms with Gasteiger partial charge in [0.25, 0.3) is 0 Å². The van der Waals surface area contributed by atoms with E-state index in [1.165, 1.54) is 4.90 Å². The average molecular weight is 264 g/mol. The van der Waals surface area contributed by atoms with Crippen LogP contribution in [-0.4, -0.2) is 23.7 Å². The molecule has 0 bridgehead atoms. The Morgan fingerprint density at radius 3 is 2.78 bits per heavy atom. The number of para-hydroxylation sites is 1. The van der Waals surface area contributed by atoms with Crippen molar-refractivity contribution in [1.29, 1.82) is 0 Å². The van der Waals surface area contributed by atoms with E-state index in [-0.39, 0.29) is 17.2 Å². The van der Waals surface area contributed by atoms with Gasteiger partial charge in [0.2, 0.25) is 5.91 Å². The molecule has 1 aliphatic rings. The minimum atomic E-state index is 0.0314. The molecule has 2 unspecified atom stereocenters. The standard InChI is InChI=1S/C14H20N2OS/c1-3-10(15)9-16-11-7-5-6-8-13(11)18-12(4-2)14(16)17/h5-8,10,12H,3-4,9,15H2,1-2H3. The zero-order valence-corrected chi connectivity index (χ0v) is 11.7. The fourth-order valence-electron chi connectivity index (χ4n) is 2.09. The molecule has 1 aromatic rings. The number of fused-ring (bicyclic) bond motifs is 1. The second kappa shape index (κ2) is 5.76. The molecule has 0 saturated heterocycles. The van der Waals surface area contributed by atoms with Gasteiger partial charge in [0.15, 0.2) is 0 Å². The molecule has 1 amide bonds. The van der Waals surface area contributed by atoms with Crippen molar-refractivity contribution >= 4 is 23.4 Å². The first-order valence-corrected chi connectivity index (χ1v) is 7.38. The molecule has 1 aromatic carbocycles. The lowest BCUT2D eigenvalue weighted by atomic mass is 10.1. The molecule has 0 spiro atoms. The maximum atomic E-state index is 12.4. The molecule has 0 fully saturated rings. The quantitative estimate of drug-likeness (QED) is 0.909. The van der Waals surface area contributed by atoms with Crippen LogP contribution >= 0.6 is 11.8 Å². The number of hydrogen-bond acceptors (Lipinski definition) is 3. The highest BCUT2D eigenvalue weighted by molar-refractivity contribution is 8.01. The van der Waals surface area contributed by atoms with Crippen LogP contribution in [0.5, 0.6) is 0 Å². The van der Waals surface area contributed by atoms with Crippen molar-refractivity contribution in [2.75, 3.05) is 11.4 Å². The Hall–Kier alpha value is -1.00. The molecular weight excluding hydrogens is 244 g/mol. The lowest BCUT2D eigenvalue weighted by molar-refractivity contribution is -0.118. The SMILES string of the molecule is CCC(N)CN1C(=O)C(CC)Sc2ccccc21. The van der Waals surface area contributed by atoms with Crippen LogP contribution in [-0.2, 0) is 4.79 Å². The highest BCUT2D eigenvalue weighted by atomic mass is 32.2. The summed E-state index contributed by atoms with van der Waals surface area (Å²) in [5.74, 6) is 0.199. The van der Waals surface area contributed by atoms with Gasteiger partial charge in [-0.2, -0.15) is 0 Å². The average Bonchev–Trinajstić information content (AvgIpc) is 2.41. The van der Waals surface area contributed by atoms with E-state index in [0.717, 1.165) is 18.5 Å². The van der Waals surface area contributed by atoms with E-state index in [4.69, 9.17) is 5.73 Å². The molecule has 1 heterocycles. The second-order valence-electron chi connectivity index (χ2n) is 4.60. The van der Waals surface area contributed by atoms with Gasteiger partial charge in [-0.3, -0.25) is 4.79 Å². The first-order chi connectivity index (χ1) is 8.67. The van der Waals surface area contributed by atoms with Crippen LogP contribution in [0.1, 0.15) is 26.7 Å². The van der Waals surface area contributed by atoms with Crippen LogP contribution in [0.15, 0.2) is 29.2 Å². The fourth-order valence-corrected chi connectivity index (χ4v) is 3.24. The van der Waals surface area contributed by atoms with Gasteiger partial charge in [-0.1, -0.05) is 26.0 Å². The maximum absolute atomic E-state index is 12.4. The summed E-state index contributed by atoms with van der Waals surface area (Å²) < 4.78 is 0. The smallest absolute Gasteiger partial charge is 0.240 e. The Kier molecular flexibility index (Phi) is 4.30. The van der Waals surface area contributed by atoms with Gasteiger partial charge in [-0.25, -0.2) is 0 Å². The Morgan fingerprint density at radius 1 is 1.39 bits per heavy atom. The van der Waals surface area contributed by atoms with E-state index in [2.05, 4.69) is 19.9 Å². The number of hydrogen-bond donors (Lipinski definition) is 1. The Morgan fingerprint density at radius 2 is 2.11 bits per heavy atom. The number of amides is 1. The summed E-state index contributed by atoms with van der Waals surface area (Å²) in [7, 11) is 0. The van der Waals surface area contributed by atoms with Crippen LogP contribution in [0.4, 0.5) is 5.69 Å². The zero-order chi connectivity index (χ0) is 13.1. The number of thioether (sulfide) groups is 1. The largest absolute Gasteiger partial charge is 0.326 e. The van der Waals surface area contributed by atoms with Gasteiger partial charge < -0.3 is 10.6 Å². The molecule has 18 heavy (non-hydrogen) atoms. The molecule has 2 N–H and O–H groups in total. The third-order valence-electron chi connectivity index (χ3n) is 3.28. The van der Waals surface area contributed by atoms with Crippen molar-refractivity contribution in [1.82, 2.24) is 0 Å². The summed E-state index contributed by atoms with van der Waals surface area (Å²) in [6, 6.07) is 8.13. The highest BCUT2D eigenvalue weighted by Crippen LogP contribution is 2.40. The molecule has 0 saturated carbocycles. The molecular formula is C14H20N2OS. The van der Waals surface area contributed by atoms with Gasteiger partial charge in [0, 0.05) is 17.5 Å². The number of carbonyl (C=O) groups excluding carboxylic acids is 1. The zero-order valence-electron chi connectivity index (χ0n) is 10.9. The molecule has 2 rings (SSSR count). The first-order valence-electron chi connectivity index (χ1n) is 6.50. The number of nitrogens with zero attached hydrogens (tertiary/aromatic N) is 1. The second-order valence-corrected chi connectivity index (χ2v) is 5.84. The van der Waals surface area contributed by atoms with Gasteiger partial charge in [-0.05, 0) is 25.0 Å². The van der Waals surface area contributed by atoms with E-state index < -0.39 is 0 Å². The number of benzene rings is 1. The number of nitrogens with two attached hydrogens (primary N) is 1. The minimum Gasteiger partial charge on any atom is -0.326 e. The van der Waals surface area contributed by atoms with Crippen LogP contribution < -0.4 is 10.6 Å². The summed E-state index contributed by atoms with van der Waals surface area (Å²) in [4.78, 5) is 15.5. The number of carbonyl (C=O) groups is 1. The lowest BCUT2D eigenvalue weighted by Crippen LogP contribution is -2.46. The van der Waals surface area contributed by atoms with Crippen LogP contribution in [0, 0.1) is 0 Å². The van der Waals surface area contributed by atoms with E-state index in [1.54, 1.807) is 11.8 Å². The molecule has 3 nitrogen and oxygen atoms in total. The van der Waals surface area contributed by atoms with Crippen molar-refractivity contribution in [3.05, 3.63) is 24.3 Å². The van der Waals surface area contributed by atoms with Crippen LogP contribution in [0.25, 0.3) is 0 Å². The fraction of sp³-hybridized carbons (Fsp3) is 0.500. The molecule has 1 aliphatic heterocycles. The Labute approximate surface area is 113 Å². The molecule has 98 valence electrons. The van der Waals surface area contributed by atoms with Crippen LogP contribution in [0.2, 0.25) is 0 Å². The maximum Gasteiger partial charge on any atom is 0.240 e. The molecule has 0 aliphatic carbocycles. The van der Waals surface area contributed by atoms with Gasteiger partial charge in [0.1, 0.15) is 0 Å². The van der Waals surface area contributed by atoms with Crippen molar-refractivity contribution < 1.29 is 4.79 Å². The normalized spacial score (nSPS) is 20.7. The number of anilines is 1. The Bertz CT molecular complexity index is 436. The van der Waals surface area contributed by atoms with Crippen molar-refractivity contribution in [3.8, 4) is 0 Å². The molecule has 0 radical (unpaired) electrons. The van der Waals surface area contributed by atoms with Crippen molar-refractivity contribution in [2.24, 2.45) is 5.73 Å². The number of rotatable bonds is 4. The predicted octanol–water partition coefficient (Wildman–Crippen LogP) is 2.64. The van der Waals surface area contributed by atoms with Crippen LogP contribution in [0.3, 0.4) is 0 Å². The summed E-state index contributed by atoms with van der Waals surface area (Å²) in [6.07, 6.45) is 1.74. The van der Waals surface area contributed by atoms with E-state index in [1.807, 2.05) is 23.1 Å². The summed E-state index contributed by atoms with van der Waals surface area (Å²) in [5.41, 5.74) is 7.02. The van der Waals surface area contributed by atoms with Gasteiger partial charge >= 0.3 is 0 Å². The summed E-state index contributed by atoms with van der Waals surface area (Å²) in [6.45, 7) is 4.72. The third-order valence-corrected chi connectivity index (χ3v) is 4.70. The highest BCUT2D eigenvalue weighted by Gasteiger charge is 2.32. The predicted molar refractivity (Wildman–Crippen MR) is 77.0 cm³/mol. The van der Waals surface area contributed by atoms with E-state index in [9.17, 15) is 4.79 Å². The van der Waals surface area contributed by atoms with Crippen molar-refractivity contribution in [3.63, 3.8) is 0 Å². The summed E-state index contributed by atoms with van der Waals surface area (Å²) in [5, 5.41) is 0.0314. The molecule has 4 heteroatoms. The van der Waals surface area contributed by atoms with Crippen molar-refractivity contribution in [2.45, 2.75) is 42.9 Å². The summed E-state index contributed by atoms with van der Waals surface area (Å²) >= 11 is 1.67. The molecule has 0 aromatic heterocycles. The lowest BCUT2D eigenvalue weighted by Gasteiger charge is -2.34. The molecule has 2 atom stereocenters. The minimum absolute atomic E-state index is 0.0314. The monoisotopic (exact) mass is 264 g/mol. The first kappa shape index (κ1) is 13.4. The Balaban J connectivity index is 2.32. The van der Waals surface area contributed by atoms with E-state index in [0.29, 0.717) is 6.54 Å². The topological polar surface area (TPSA) is 46.3 Å². The van der Waals surface area contributed by atoms with E-state index >= 15 is 0 Å². The third kappa shape index (κ3) is 2.54. The van der Waals surface area contributed by atoms with Gasteiger partial charge in [-0.15, -0.1) is 11.8 Å².